The summed E-state index contributed by atoms with van der Waals surface area (Å²) in [6.45, 7) is 9.16. The van der Waals surface area contributed by atoms with Gasteiger partial charge in [-0.3, -0.25) is 58.2 Å². The van der Waals surface area contributed by atoms with Crippen LogP contribution < -0.4 is 36.8 Å². The molecule has 33 heteroatoms. The van der Waals surface area contributed by atoms with Gasteiger partial charge in [0, 0.05) is 166 Å². The molecule has 3 saturated heterocycles. The second kappa shape index (κ2) is 43.6. The molecule has 5 rings (SSSR count). The first-order valence-electron chi connectivity index (χ1n) is 32.2. The number of piperazine rings is 2. The summed E-state index contributed by atoms with van der Waals surface area (Å²) in [7, 11) is 0. The smallest absolute Gasteiger partial charge is 0.326 e. The van der Waals surface area contributed by atoms with E-state index in [1.807, 2.05) is 24.3 Å². The van der Waals surface area contributed by atoms with Crippen LogP contribution in [0.4, 0.5) is 28.3 Å². The third-order valence-electron chi connectivity index (χ3n) is 16.6. The fourth-order valence-corrected chi connectivity index (χ4v) is 11.4. The Morgan fingerprint density at radius 2 is 0.946 bits per heavy atom. The van der Waals surface area contributed by atoms with E-state index in [0.717, 1.165) is 129 Å². The molecule has 3 aliphatic heterocycles. The normalized spacial score (nSPS) is 17.6. The summed E-state index contributed by atoms with van der Waals surface area (Å²) >= 11 is 0. The number of carbonyl (C=O) groups excluding carboxylic acids is 2. The first kappa shape index (κ1) is 79.1. The molecular weight excluding hydrogens is 1380 g/mol. The number of hydrogen-bond acceptors (Lipinski definition) is 22. The quantitative estimate of drug-likeness (QED) is 0.0405. The summed E-state index contributed by atoms with van der Waals surface area (Å²) < 4.78 is 0. The van der Waals surface area contributed by atoms with Crippen molar-refractivity contribution in [3.63, 3.8) is 0 Å². The molecule has 3 amide bonds. The molecule has 3 fully saturated rings. The van der Waals surface area contributed by atoms with Crippen LogP contribution >= 0.6 is 0 Å². The molecule has 2 aromatic rings. The zero-order chi connectivity index (χ0) is 66.8. The van der Waals surface area contributed by atoms with E-state index in [1.54, 1.807) is 19.6 Å². The third-order valence-corrected chi connectivity index (χ3v) is 16.6. The number of urea groups is 1. The first-order chi connectivity index (χ1) is 44.1. The summed E-state index contributed by atoms with van der Waals surface area (Å²) in [4.78, 5) is 138. The minimum Gasteiger partial charge on any atom is -0.481 e. The Kier molecular flexibility index (Phi) is 37.0. The first-order valence-corrected chi connectivity index (χ1v) is 32.2. The third kappa shape index (κ3) is 32.1. The van der Waals surface area contributed by atoms with Gasteiger partial charge in [0.1, 0.15) is 12.1 Å². The number of rotatable bonds is 40. The second-order valence-corrected chi connectivity index (χ2v) is 23.8. The molecule has 0 bridgehead atoms. The number of carboxylic acid groups (broad SMARTS) is 7. The fraction of sp³-hybridized carbons (Fsp3) is 0.700. The van der Waals surface area contributed by atoms with E-state index in [2.05, 4.69) is 40.9 Å². The maximum Gasteiger partial charge on any atom is 0.326 e. The van der Waals surface area contributed by atoms with Crippen LogP contribution in [0.5, 0.6) is 0 Å². The molecule has 0 saturated carbocycles. The van der Waals surface area contributed by atoms with Crippen LogP contribution in [-0.2, 0) is 44.8 Å². The van der Waals surface area contributed by atoms with Crippen molar-refractivity contribution < 1.29 is 116 Å². The van der Waals surface area contributed by atoms with Crippen LogP contribution in [0.25, 0.3) is 0 Å². The summed E-state index contributed by atoms with van der Waals surface area (Å²) in [5.74, 6) is -6.85. The Morgan fingerprint density at radius 1 is 0.484 bits per heavy atom. The van der Waals surface area contributed by atoms with E-state index in [4.69, 9.17) is 25.8 Å². The van der Waals surface area contributed by atoms with Crippen LogP contribution in [0, 0.1) is 36.9 Å². The number of nitrogens with two attached hydrogens (primary N) is 1. The largest absolute Gasteiger partial charge is 0.481 e. The van der Waals surface area contributed by atoms with Gasteiger partial charge in [-0.15, -0.1) is 0 Å². The topological polar surface area (TPSA) is 434 Å². The Balaban J connectivity index is 0.0000184. The molecular formula is C60H98LuN16O16. The van der Waals surface area contributed by atoms with Gasteiger partial charge in [-0.05, 0) is 88.7 Å². The summed E-state index contributed by atoms with van der Waals surface area (Å²) in [6.07, 6.45) is 9.92. The van der Waals surface area contributed by atoms with Crippen molar-refractivity contribution in [1.82, 2.24) is 60.3 Å². The summed E-state index contributed by atoms with van der Waals surface area (Å²) in [5.41, 5.74) is 7.35. The predicted molar refractivity (Wildman–Crippen MR) is 339 cm³/mol. The molecule has 3 atom stereocenters. The Hall–Kier alpha value is -6.39. The number of nitrogens with one attached hydrogen (secondary N) is 4. The van der Waals surface area contributed by atoms with Gasteiger partial charge in [-0.1, -0.05) is 50.7 Å². The Bertz CT molecular complexity index is 2660. The van der Waals surface area contributed by atoms with E-state index in [0.29, 0.717) is 62.3 Å². The van der Waals surface area contributed by atoms with Crippen molar-refractivity contribution in [3.8, 4) is 0 Å². The van der Waals surface area contributed by atoms with Crippen molar-refractivity contribution in [1.29, 1.82) is 0 Å². The van der Waals surface area contributed by atoms with E-state index >= 15 is 0 Å². The number of aliphatic carboxylic acids is 7. The van der Waals surface area contributed by atoms with Crippen molar-refractivity contribution >= 4 is 77.3 Å². The number of aromatic nitrogens is 3. The van der Waals surface area contributed by atoms with Gasteiger partial charge in [-0.25, -0.2) is 14.4 Å². The van der Waals surface area contributed by atoms with Gasteiger partial charge < -0.3 is 72.5 Å². The van der Waals surface area contributed by atoms with Gasteiger partial charge in [0.05, 0.1) is 26.2 Å². The van der Waals surface area contributed by atoms with E-state index in [1.165, 1.54) is 0 Å². The van der Waals surface area contributed by atoms with Crippen molar-refractivity contribution in [2.45, 2.75) is 121 Å². The molecule has 0 spiro atoms. The number of carbonyl (C=O) groups is 9. The fourth-order valence-electron chi connectivity index (χ4n) is 11.4. The molecule has 3 aliphatic rings. The van der Waals surface area contributed by atoms with Crippen molar-refractivity contribution in [2.24, 2.45) is 5.73 Å². The Morgan fingerprint density at radius 3 is 1.45 bits per heavy atom. The van der Waals surface area contributed by atoms with Crippen LogP contribution in [-0.4, -0.2) is 302 Å². The minimum absolute atomic E-state index is 0. The molecule has 13 N–H and O–H groups in total. The molecule has 1 aromatic carbocycles. The maximum atomic E-state index is 12.4. The molecule has 1 unspecified atom stereocenters. The molecule has 1 aromatic heterocycles. The molecule has 0 aliphatic carbocycles. The number of nitrogens with zero attached hydrogens (tertiary/aromatic N) is 11. The molecule has 93 heavy (non-hydrogen) atoms. The van der Waals surface area contributed by atoms with E-state index in [9.17, 15) is 73.8 Å². The number of carboxylic acids is 7. The van der Waals surface area contributed by atoms with Crippen molar-refractivity contribution in [3.05, 3.63) is 29.8 Å². The van der Waals surface area contributed by atoms with Crippen LogP contribution in [0.3, 0.4) is 0 Å². The van der Waals surface area contributed by atoms with Crippen LogP contribution in [0.1, 0.15) is 102 Å². The van der Waals surface area contributed by atoms with Crippen LogP contribution in [0.15, 0.2) is 24.3 Å². The van der Waals surface area contributed by atoms with Gasteiger partial charge in [-0.2, -0.15) is 15.0 Å². The minimum atomic E-state index is -1.49. The second-order valence-electron chi connectivity index (χ2n) is 23.8. The Labute approximate surface area is 572 Å². The van der Waals surface area contributed by atoms with Crippen LogP contribution in [0.2, 0.25) is 0 Å². The number of anilines is 4. The predicted octanol–water partition coefficient (Wildman–Crippen LogP) is 0.547. The molecule has 32 nitrogen and oxygen atoms in total. The number of unbranched alkanes of at least 4 members (excludes halogenated alkanes) is 8. The summed E-state index contributed by atoms with van der Waals surface area (Å²) in [6, 6.07) is 3.25. The zero-order valence-electron chi connectivity index (χ0n) is 53.2. The number of amides is 3. The van der Waals surface area contributed by atoms with Crippen molar-refractivity contribution in [2.75, 3.05) is 166 Å². The zero-order valence-corrected chi connectivity index (χ0v) is 54.8. The molecule has 4 heterocycles. The summed E-state index contributed by atoms with van der Waals surface area (Å²) in [5, 5.41) is 77.5. The SMILES string of the molecule is NCCCN1CCN(c2nc(Nc3ccc(CC4CN(CC(=O)O)CCN(CC(=O)O)CCN(CC(=O)O)CCN4CC(=O)O)cc3)nc(N3CCN(CCCCCCCCCCC(=O)NCCCC[C@H](NC(=O)N[C@@H](CCC(=O)O)C(=O)O)C(=O)O)CC3)n2)CC1.[Lu]. The number of benzene rings is 1. The molecule has 1 radical (unpaired) electrons. The van der Waals surface area contributed by atoms with Gasteiger partial charge in [0.25, 0.3) is 0 Å². The average Bonchev–Trinajstić information content (AvgIpc) is 1.32. The van der Waals surface area contributed by atoms with E-state index in [-0.39, 0.29) is 128 Å². The maximum absolute atomic E-state index is 12.4. The average molecular weight is 1470 g/mol. The van der Waals surface area contributed by atoms with E-state index < -0.39 is 72.4 Å². The van der Waals surface area contributed by atoms with Gasteiger partial charge in [0.2, 0.25) is 23.8 Å². The van der Waals surface area contributed by atoms with Gasteiger partial charge >= 0.3 is 47.8 Å². The van der Waals surface area contributed by atoms with Gasteiger partial charge in [0.15, 0.2) is 0 Å². The number of hydrogen-bond donors (Lipinski definition) is 12. The monoisotopic (exact) mass is 1470 g/mol. The standard InChI is InChI=1S/C60H98N16O16.Lu/c61-20-11-23-70-30-35-75(36-31-70)59-67-57(63-45-16-14-44(15-17-45)38-46-39-73(42-53(84)85)27-26-71(40-51(80)81)24-25-72(41-52(82)83)32-37-76(46)43-54(86)87)66-58(68-59)74-33-28-69(29-34-74)22-10-6-4-2-1-3-5-7-13-49(77)62-21-9-8-12-47(55(88)89)64-60(92)65-48(56(90)91)18-19-50(78)79;/h14-17,46-48H,1-13,18-43,61H2,(H,62,77)(H,78,79)(H,80,81)(H,82,83)(H,84,85)(H,86,87)(H,88,89)(H,90,91)(H2,64,65,92)(H,63,66,67,68);/t46?,47-,48-;/m0./s1. The molecule has 529 valence electrons.